The average molecular weight is 435 g/mol. The highest BCUT2D eigenvalue weighted by molar-refractivity contribution is 6.30. The maximum absolute atomic E-state index is 13.5. The fraction of sp³-hybridized carbons (Fsp3) is 0.292. The van der Waals surface area contributed by atoms with Crippen LogP contribution in [0.3, 0.4) is 0 Å². The standard InChI is InChI=1S/C24H23ClN4O2/c1-15-21-16(2)28(24(31)22(21)29(26-15)19-6-4-3-5-7-19)20-12-13-27(14-20)23(30)17-8-10-18(25)11-9-17/h3-11,16,20H,12-14H2,1-2H3. The maximum atomic E-state index is 13.5. The Morgan fingerprint density at radius 3 is 2.52 bits per heavy atom. The minimum Gasteiger partial charge on any atom is -0.337 e. The fourth-order valence-corrected chi connectivity index (χ4v) is 4.97. The number of carbonyl (C=O) groups excluding carboxylic acids is 2. The Balaban J connectivity index is 1.40. The molecule has 2 atom stereocenters. The van der Waals surface area contributed by atoms with E-state index in [4.69, 9.17) is 11.6 Å². The third-order valence-electron chi connectivity index (χ3n) is 6.31. The molecule has 2 amide bonds. The van der Waals surface area contributed by atoms with Crippen molar-refractivity contribution in [1.29, 1.82) is 0 Å². The SMILES string of the molecule is Cc1nn(-c2ccccc2)c2c1C(C)N(C1CCN(C(=O)c3ccc(Cl)cc3)C1)C2=O. The molecule has 0 spiro atoms. The minimum absolute atomic E-state index is 0.0160. The molecule has 2 unspecified atom stereocenters. The molecule has 158 valence electrons. The summed E-state index contributed by atoms with van der Waals surface area (Å²) in [4.78, 5) is 30.2. The molecule has 0 N–H and O–H groups in total. The van der Waals surface area contributed by atoms with E-state index >= 15 is 0 Å². The van der Waals surface area contributed by atoms with Gasteiger partial charge in [0.15, 0.2) is 0 Å². The molecule has 5 rings (SSSR count). The van der Waals surface area contributed by atoms with Gasteiger partial charge < -0.3 is 9.80 Å². The first-order chi connectivity index (χ1) is 15.0. The lowest BCUT2D eigenvalue weighted by molar-refractivity contribution is 0.0618. The van der Waals surface area contributed by atoms with E-state index in [0.717, 1.165) is 23.4 Å². The molecule has 3 aromatic rings. The number of carbonyl (C=O) groups is 2. The summed E-state index contributed by atoms with van der Waals surface area (Å²) in [6, 6.07) is 16.6. The molecule has 2 aliphatic rings. The van der Waals surface area contributed by atoms with Gasteiger partial charge in [-0.05, 0) is 56.7 Å². The number of hydrogen-bond acceptors (Lipinski definition) is 3. The number of hydrogen-bond donors (Lipinski definition) is 0. The molecule has 2 aliphatic heterocycles. The van der Waals surface area contributed by atoms with E-state index < -0.39 is 0 Å². The number of nitrogens with zero attached hydrogens (tertiary/aromatic N) is 4. The summed E-state index contributed by atoms with van der Waals surface area (Å²) >= 11 is 5.94. The average Bonchev–Trinajstić information content (AvgIpc) is 3.45. The molecule has 0 aliphatic carbocycles. The van der Waals surface area contributed by atoms with Crippen LogP contribution >= 0.6 is 11.6 Å². The van der Waals surface area contributed by atoms with E-state index in [1.54, 1.807) is 28.9 Å². The highest BCUT2D eigenvalue weighted by Crippen LogP contribution is 2.39. The molecule has 1 aromatic heterocycles. The van der Waals surface area contributed by atoms with Crippen LogP contribution in [0.25, 0.3) is 5.69 Å². The Labute approximate surface area is 186 Å². The fourth-order valence-electron chi connectivity index (χ4n) is 4.85. The largest absolute Gasteiger partial charge is 0.337 e. The molecule has 7 heteroatoms. The molecule has 6 nitrogen and oxygen atoms in total. The van der Waals surface area contributed by atoms with Crippen molar-refractivity contribution < 1.29 is 9.59 Å². The number of halogens is 1. The number of aryl methyl sites for hydroxylation is 1. The Kier molecular flexibility index (Phi) is 4.82. The molecule has 1 fully saturated rings. The first-order valence-electron chi connectivity index (χ1n) is 10.5. The second kappa shape index (κ2) is 7.54. The van der Waals surface area contributed by atoms with Gasteiger partial charge in [0, 0.05) is 29.2 Å². The predicted molar refractivity (Wildman–Crippen MR) is 119 cm³/mol. The van der Waals surface area contributed by atoms with E-state index in [0.29, 0.717) is 29.4 Å². The molecular formula is C24H23ClN4O2. The second-order valence-corrected chi connectivity index (χ2v) is 8.62. The zero-order valence-electron chi connectivity index (χ0n) is 17.5. The number of likely N-dealkylation sites (tertiary alicyclic amines) is 1. The molecule has 0 radical (unpaired) electrons. The molecule has 0 saturated carbocycles. The van der Waals surface area contributed by atoms with Gasteiger partial charge in [0.05, 0.1) is 23.5 Å². The minimum atomic E-state index is -0.0736. The van der Waals surface area contributed by atoms with Crippen molar-refractivity contribution in [2.75, 3.05) is 13.1 Å². The number of amides is 2. The highest BCUT2D eigenvalue weighted by Gasteiger charge is 2.45. The van der Waals surface area contributed by atoms with Crippen LogP contribution in [0.15, 0.2) is 54.6 Å². The lowest BCUT2D eigenvalue weighted by atomic mass is 10.1. The van der Waals surface area contributed by atoms with Crippen LogP contribution in [0, 0.1) is 6.92 Å². The van der Waals surface area contributed by atoms with Gasteiger partial charge in [0.1, 0.15) is 5.69 Å². The van der Waals surface area contributed by atoms with Gasteiger partial charge in [-0.2, -0.15) is 5.10 Å². The zero-order chi connectivity index (χ0) is 21.7. The van der Waals surface area contributed by atoms with E-state index in [-0.39, 0.29) is 23.9 Å². The summed E-state index contributed by atoms with van der Waals surface area (Å²) in [5, 5.41) is 5.25. The van der Waals surface area contributed by atoms with Gasteiger partial charge >= 0.3 is 0 Å². The van der Waals surface area contributed by atoms with Crippen LogP contribution in [0.4, 0.5) is 0 Å². The van der Waals surface area contributed by atoms with Gasteiger partial charge in [-0.3, -0.25) is 9.59 Å². The first-order valence-corrected chi connectivity index (χ1v) is 10.9. The molecule has 1 saturated heterocycles. The Morgan fingerprint density at radius 1 is 1.10 bits per heavy atom. The van der Waals surface area contributed by atoms with E-state index in [1.165, 1.54) is 0 Å². The van der Waals surface area contributed by atoms with Crippen LogP contribution < -0.4 is 0 Å². The summed E-state index contributed by atoms with van der Waals surface area (Å²) < 4.78 is 1.76. The van der Waals surface area contributed by atoms with Gasteiger partial charge in [-0.25, -0.2) is 4.68 Å². The number of para-hydroxylation sites is 1. The highest BCUT2D eigenvalue weighted by atomic mass is 35.5. The van der Waals surface area contributed by atoms with Crippen molar-refractivity contribution in [2.24, 2.45) is 0 Å². The van der Waals surface area contributed by atoms with Crippen molar-refractivity contribution in [3.63, 3.8) is 0 Å². The third-order valence-corrected chi connectivity index (χ3v) is 6.57. The van der Waals surface area contributed by atoms with Crippen LogP contribution in [0.5, 0.6) is 0 Å². The Morgan fingerprint density at radius 2 is 1.81 bits per heavy atom. The van der Waals surface area contributed by atoms with Crippen molar-refractivity contribution in [3.05, 3.63) is 82.1 Å². The summed E-state index contributed by atoms with van der Waals surface area (Å²) in [6.07, 6.45) is 0.761. The second-order valence-electron chi connectivity index (χ2n) is 8.18. The monoisotopic (exact) mass is 434 g/mol. The van der Waals surface area contributed by atoms with Gasteiger partial charge in [0.25, 0.3) is 11.8 Å². The Bertz CT molecular complexity index is 1160. The van der Waals surface area contributed by atoms with E-state index in [2.05, 4.69) is 12.0 Å². The lowest BCUT2D eigenvalue weighted by Crippen LogP contribution is -2.41. The van der Waals surface area contributed by atoms with Crippen LogP contribution in [-0.4, -0.2) is 50.5 Å². The van der Waals surface area contributed by atoms with Gasteiger partial charge in [0.2, 0.25) is 0 Å². The summed E-state index contributed by atoms with van der Waals surface area (Å²) in [7, 11) is 0. The molecule has 2 aromatic carbocycles. The number of benzene rings is 2. The normalized spacial score (nSPS) is 20.4. The summed E-state index contributed by atoms with van der Waals surface area (Å²) in [5.74, 6) is -0.0413. The molecule has 0 bridgehead atoms. The van der Waals surface area contributed by atoms with Crippen molar-refractivity contribution in [3.8, 4) is 5.69 Å². The summed E-state index contributed by atoms with van der Waals surface area (Å²) in [5.41, 5.74) is 3.98. The maximum Gasteiger partial charge on any atom is 0.273 e. The number of fused-ring (bicyclic) bond motifs is 1. The molecule has 3 heterocycles. The van der Waals surface area contributed by atoms with E-state index in [9.17, 15) is 9.59 Å². The van der Waals surface area contributed by atoms with Gasteiger partial charge in [-0.1, -0.05) is 29.8 Å². The predicted octanol–water partition coefficient (Wildman–Crippen LogP) is 4.27. The third kappa shape index (κ3) is 3.22. The molecule has 31 heavy (non-hydrogen) atoms. The van der Waals surface area contributed by atoms with Crippen LogP contribution in [-0.2, 0) is 0 Å². The van der Waals surface area contributed by atoms with Crippen molar-refractivity contribution in [2.45, 2.75) is 32.4 Å². The smallest absolute Gasteiger partial charge is 0.273 e. The Hall–Kier alpha value is -3.12. The lowest BCUT2D eigenvalue weighted by Gasteiger charge is -2.29. The van der Waals surface area contributed by atoms with Crippen molar-refractivity contribution >= 4 is 23.4 Å². The van der Waals surface area contributed by atoms with Crippen LogP contribution in [0.1, 0.15) is 51.5 Å². The first kappa shape index (κ1) is 19.8. The van der Waals surface area contributed by atoms with Gasteiger partial charge in [-0.15, -0.1) is 0 Å². The quantitative estimate of drug-likeness (QED) is 0.618. The number of aromatic nitrogens is 2. The summed E-state index contributed by atoms with van der Waals surface area (Å²) in [6.45, 7) is 5.16. The molecular weight excluding hydrogens is 412 g/mol. The van der Waals surface area contributed by atoms with E-state index in [1.807, 2.05) is 47.1 Å². The topological polar surface area (TPSA) is 58.4 Å². The number of rotatable bonds is 3. The van der Waals surface area contributed by atoms with Crippen LogP contribution in [0.2, 0.25) is 5.02 Å². The van der Waals surface area contributed by atoms with Crippen molar-refractivity contribution in [1.82, 2.24) is 19.6 Å². The zero-order valence-corrected chi connectivity index (χ0v) is 18.2.